The van der Waals surface area contributed by atoms with Crippen LogP contribution in [-0.4, -0.2) is 81.7 Å². The van der Waals surface area contributed by atoms with Crippen LogP contribution in [0.3, 0.4) is 0 Å². The first-order valence-electron chi connectivity index (χ1n) is 11.4. The number of aryl methyl sites for hydroxylation is 1. The predicted octanol–water partition coefficient (Wildman–Crippen LogP) is 1.28. The molecule has 5 rings (SSSR count). The van der Waals surface area contributed by atoms with Gasteiger partial charge in [0.2, 0.25) is 0 Å². The van der Waals surface area contributed by atoms with E-state index in [9.17, 15) is 9.59 Å². The Morgan fingerprint density at radius 2 is 2.03 bits per heavy atom. The number of fused-ring (bicyclic) bond motifs is 4. The number of nitrogens with zero attached hydrogens (tertiary/aromatic N) is 5. The van der Waals surface area contributed by atoms with Crippen molar-refractivity contribution in [2.75, 3.05) is 46.3 Å². The summed E-state index contributed by atoms with van der Waals surface area (Å²) in [5.41, 5.74) is 3.51. The van der Waals surface area contributed by atoms with E-state index < -0.39 is 0 Å². The van der Waals surface area contributed by atoms with E-state index in [1.807, 2.05) is 22.5 Å². The van der Waals surface area contributed by atoms with Crippen LogP contribution in [-0.2, 0) is 13.1 Å². The van der Waals surface area contributed by atoms with Crippen LogP contribution in [0.4, 0.5) is 0 Å². The SMILES string of the molecule is Cc1cc(C(=O)N2C[C@@H]3C[C@H](C2)c2ccc(CN4CCCN(C)CC4)c(=O)n2C3)n[nH]1. The molecule has 5 heterocycles. The molecule has 0 saturated carbocycles. The molecule has 0 radical (unpaired) electrons. The molecular weight excluding hydrogens is 392 g/mol. The van der Waals surface area contributed by atoms with E-state index in [0.29, 0.717) is 31.2 Å². The molecule has 0 unspecified atom stereocenters. The summed E-state index contributed by atoms with van der Waals surface area (Å²) >= 11 is 0. The number of rotatable bonds is 3. The lowest BCUT2D eigenvalue weighted by molar-refractivity contribution is 0.0588. The van der Waals surface area contributed by atoms with Gasteiger partial charge in [-0.15, -0.1) is 0 Å². The molecule has 0 aromatic carbocycles. The number of amides is 1. The summed E-state index contributed by atoms with van der Waals surface area (Å²) in [5, 5.41) is 7.00. The molecule has 8 nitrogen and oxygen atoms in total. The first-order chi connectivity index (χ1) is 15.0. The second-order valence-corrected chi connectivity index (χ2v) is 9.58. The van der Waals surface area contributed by atoms with Crippen molar-refractivity contribution in [2.45, 2.75) is 38.8 Å². The van der Waals surface area contributed by atoms with Crippen LogP contribution in [0.25, 0.3) is 0 Å². The number of pyridine rings is 1. The Bertz CT molecular complexity index is 1030. The van der Waals surface area contributed by atoms with E-state index in [-0.39, 0.29) is 17.4 Å². The van der Waals surface area contributed by atoms with Gasteiger partial charge in [0, 0.05) is 62.1 Å². The Kier molecular flexibility index (Phi) is 5.44. The molecule has 3 aliphatic rings. The third-order valence-corrected chi connectivity index (χ3v) is 7.10. The number of hydrogen-bond acceptors (Lipinski definition) is 5. The maximum Gasteiger partial charge on any atom is 0.274 e. The summed E-state index contributed by atoms with van der Waals surface area (Å²) in [6.45, 7) is 8.89. The molecule has 31 heavy (non-hydrogen) atoms. The minimum Gasteiger partial charge on any atom is -0.336 e. The highest BCUT2D eigenvalue weighted by molar-refractivity contribution is 5.92. The van der Waals surface area contributed by atoms with Crippen LogP contribution >= 0.6 is 0 Å². The van der Waals surface area contributed by atoms with E-state index in [4.69, 9.17) is 0 Å². The number of H-pyrrole nitrogens is 1. The maximum atomic E-state index is 13.3. The number of aromatic amines is 1. The van der Waals surface area contributed by atoms with Crippen LogP contribution in [0.1, 0.15) is 46.2 Å². The maximum absolute atomic E-state index is 13.3. The highest BCUT2D eigenvalue weighted by atomic mass is 16.2. The zero-order valence-electron chi connectivity index (χ0n) is 18.5. The zero-order chi connectivity index (χ0) is 21.5. The van der Waals surface area contributed by atoms with Gasteiger partial charge in [-0.05, 0) is 58.0 Å². The van der Waals surface area contributed by atoms with Crippen molar-refractivity contribution in [3.8, 4) is 0 Å². The molecule has 2 bridgehead atoms. The third-order valence-electron chi connectivity index (χ3n) is 7.10. The number of piperidine rings is 1. The number of carbonyl (C=O) groups is 1. The van der Waals surface area contributed by atoms with Gasteiger partial charge in [-0.25, -0.2) is 0 Å². The summed E-state index contributed by atoms with van der Waals surface area (Å²) in [4.78, 5) is 32.9. The van der Waals surface area contributed by atoms with E-state index in [1.165, 1.54) is 0 Å². The lowest BCUT2D eigenvalue weighted by Crippen LogP contribution is -2.49. The molecule has 0 aliphatic carbocycles. The predicted molar refractivity (Wildman–Crippen MR) is 118 cm³/mol. The van der Waals surface area contributed by atoms with E-state index in [0.717, 1.165) is 62.5 Å². The minimum absolute atomic E-state index is 0.0161. The largest absolute Gasteiger partial charge is 0.336 e. The number of carbonyl (C=O) groups excluding carboxylic acids is 1. The van der Waals surface area contributed by atoms with Gasteiger partial charge >= 0.3 is 0 Å². The van der Waals surface area contributed by atoms with Crippen LogP contribution in [0.15, 0.2) is 23.0 Å². The molecule has 0 spiro atoms. The highest BCUT2D eigenvalue weighted by Crippen LogP contribution is 2.35. The Morgan fingerprint density at radius 1 is 1.16 bits per heavy atom. The van der Waals surface area contributed by atoms with Crippen molar-refractivity contribution in [1.29, 1.82) is 0 Å². The quantitative estimate of drug-likeness (QED) is 0.803. The Hall–Kier alpha value is -2.45. The number of nitrogens with one attached hydrogen (secondary N) is 1. The second-order valence-electron chi connectivity index (χ2n) is 9.58. The summed E-state index contributed by atoms with van der Waals surface area (Å²) < 4.78 is 2.00. The van der Waals surface area contributed by atoms with Crippen LogP contribution < -0.4 is 5.56 Å². The van der Waals surface area contributed by atoms with Crippen molar-refractivity contribution in [1.82, 2.24) is 29.5 Å². The lowest BCUT2D eigenvalue weighted by atomic mass is 9.83. The molecule has 166 valence electrons. The van der Waals surface area contributed by atoms with E-state index in [1.54, 1.807) is 6.07 Å². The van der Waals surface area contributed by atoms with E-state index in [2.05, 4.69) is 33.1 Å². The Balaban J connectivity index is 1.34. The summed E-state index contributed by atoms with van der Waals surface area (Å²) in [5.74, 6) is 0.512. The molecule has 2 saturated heterocycles. The zero-order valence-corrected chi connectivity index (χ0v) is 18.5. The van der Waals surface area contributed by atoms with Crippen molar-refractivity contribution >= 4 is 5.91 Å². The summed E-state index contributed by atoms with van der Waals surface area (Å²) in [6, 6.07) is 5.97. The normalized spacial score (nSPS) is 24.6. The Morgan fingerprint density at radius 3 is 2.84 bits per heavy atom. The fraction of sp³-hybridized carbons (Fsp3) is 0.609. The monoisotopic (exact) mass is 424 g/mol. The van der Waals surface area contributed by atoms with Gasteiger partial charge in [-0.2, -0.15) is 5.10 Å². The van der Waals surface area contributed by atoms with Gasteiger partial charge in [0.15, 0.2) is 0 Å². The van der Waals surface area contributed by atoms with Gasteiger partial charge in [0.25, 0.3) is 11.5 Å². The van der Waals surface area contributed by atoms with Gasteiger partial charge in [0.1, 0.15) is 5.69 Å². The van der Waals surface area contributed by atoms with Gasteiger partial charge < -0.3 is 14.4 Å². The fourth-order valence-electron chi connectivity index (χ4n) is 5.47. The summed E-state index contributed by atoms with van der Waals surface area (Å²) in [7, 11) is 2.16. The smallest absolute Gasteiger partial charge is 0.274 e. The molecule has 2 aromatic rings. The summed E-state index contributed by atoms with van der Waals surface area (Å²) in [6.07, 6.45) is 2.19. The van der Waals surface area contributed by atoms with Crippen LogP contribution in [0, 0.1) is 12.8 Å². The molecule has 8 heteroatoms. The highest BCUT2D eigenvalue weighted by Gasteiger charge is 2.37. The van der Waals surface area contributed by atoms with Crippen LogP contribution in [0.2, 0.25) is 0 Å². The average molecular weight is 425 g/mol. The van der Waals surface area contributed by atoms with Crippen molar-refractivity contribution in [3.05, 3.63) is 51.2 Å². The number of likely N-dealkylation sites (N-methyl/N-ethyl adjacent to an activating group) is 1. The number of aromatic nitrogens is 3. The van der Waals surface area contributed by atoms with E-state index >= 15 is 0 Å². The molecule has 2 atom stereocenters. The second kappa shape index (κ2) is 8.24. The van der Waals surface area contributed by atoms with Gasteiger partial charge in [0.05, 0.1) is 0 Å². The molecule has 2 aromatic heterocycles. The van der Waals surface area contributed by atoms with Gasteiger partial charge in [-0.3, -0.25) is 19.6 Å². The first-order valence-corrected chi connectivity index (χ1v) is 11.4. The Labute approximate surface area is 182 Å². The topological polar surface area (TPSA) is 77.5 Å². The minimum atomic E-state index is -0.0161. The first kappa shape index (κ1) is 20.5. The fourth-order valence-corrected chi connectivity index (χ4v) is 5.47. The molecule has 2 fully saturated rings. The van der Waals surface area contributed by atoms with Crippen molar-refractivity contribution in [2.24, 2.45) is 5.92 Å². The molecular formula is C23H32N6O2. The molecule has 3 aliphatic heterocycles. The number of hydrogen-bond donors (Lipinski definition) is 1. The van der Waals surface area contributed by atoms with Crippen molar-refractivity contribution < 1.29 is 4.79 Å². The number of likely N-dealkylation sites (tertiary alicyclic amines) is 1. The standard InChI is InChI=1S/C23H32N6O2/c1-16-10-20(25-24-16)23(31)28-12-17-11-19(15-28)21-5-4-18(22(30)29(21)13-17)14-27-7-3-6-26(2)8-9-27/h4-5,10,17,19H,3,6-9,11-15H2,1-2H3,(H,24,25)/t17-,19+/m0/s1. The molecule has 1 amide bonds. The molecule has 1 N–H and O–H groups in total. The third kappa shape index (κ3) is 4.06. The van der Waals surface area contributed by atoms with Gasteiger partial charge in [-0.1, -0.05) is 6.07 Å². The van der Waals surface area contributed by atoms with Crippen LogP contribution in [0.5, 0.6) is 0 Å². The average Bonchev–Trinajstić information content (AvgIpc) is 3.09. The van der Waals surface area contributed by atoms with Crippen molar-refractivity contribution in [3.63, 3.8) is 0 Å². The lowest BCUT2D eigenvalue weighted by Gasteiger charge is -2.42.